The number of unbranched alkanes of at least 4 members (excludes halogenated alkanes) is 5. The normalized spacial score (nSPS) is 11.0. The maximum atomic E-state index is 5.76. The Labute approximate surface area is 131 Å². The highest BCUT2D eigenvalue weighted by molar-refractivity contribution is 5.28. The van der Waals surface area contributed by atoms with Crippen LogP contribution < -0.4 is 10.1 Å². The molecule has 0 amide bonds. The van der Waals surface area contributed by atoms with E-state index in [-0.39, 0.29) is 0 Å². The lowest BCUT2D eigenvalue weighted by Crippen LogP contribution is -2.14. The predicted octanol–water partition coefficient (Wildman–Crippen LogP) is 5.17. The fourth-order valence-electron chi connectivity index (χ4n) is 2.27. The van der Waals surface area contributed by atoms with Gasteiger partial charge in [-0.05, 0) is 36.6 Å². The molecule has 0 heterocycles. The first-order valence-corrected chi connectivity index (χ1v) is 8.64. The lowest BCUT2D eigenvalue weighted by molar-refractivity contribution is 0.271. The van der Waals surface area contributed by atoms with Crippen molar-refractivity contribution < 1.29 is 4.74 Å². The molecule has 1 aromatic rings. The van der Waals surface area contributed by atoms with Crippen molar-refractivity contribution in [1.29, 1.82) is 0 Å². The summed E-state index contributed by atoms with van der Waals surface area (Å²) < 4.78 is 5.76. The van der Waals surface area contributed by atoms with Gasteiger partial charge in [-0.15, -0.1) is 0 Å². The second kappa shape index (κ2) is 11.6. The minimum atomic E-state index is 0.569. The Morgan fingerprint density at radius 1 is 1.05 bits per heavy atom. The van der Waals surface area contributed by atoms with Crippen LogP contribution in [0.5, 0.6) is 5.75 Å². The molecule has 0 fully saturated rings. The molecule has 0 atom stereocenters. The molecular formula is C19H33NO. The topological polar surface area (TPSA) is 21.3 Å². The predicted molar refractivity (Wildman–Crippen MR) is 91.9 cm³/mol. The highest BCUT2D eigenvalue weighted by atomic mass is 16.5. The maximum absolute atomic E-state index is 5.76. The number of hydrogen-bond donors (Lipinski definition) is 1. The molecule has 0 aliphatic carbocycles. The van der Waals surface area contributed by atoms with Gasteiger partial charge >= 0.3 is 0 Å². The molecule has 0 spiro atoms. The summed E-state index contributed by atoms with van der Waals surface area (Å²) in [6, 6.07) is 8.43. The summed E-state index contributed by atoms with van der Waals surface area (Å²) in [6.45, 7) is 9.45. The van der Waals surface area contributed by atoms with Gasteiger partial charge < -0.3 is 10.1 Å². The van der Waals surface area contributed by atoms with Crippen LogP contribution in [-0.4, -0.2) is 13.2 Å². The molecule has 0 aliphatic rings. The molecule has 2 nitrogen and oxygen atoms in total. The van der Waals surface area contributed by atoms with Crippen molar-refractivity contribution in [1.82, 2.24) is 5.32 Å². The Kier molecular flexibility index (Phi) is 9.98. The van der Waals surface area contributed by atoms with E-state index in [1.54, 1.807) is 0 Å². The van der Waals surface area contributed by atoms with Gasteiger partial charge in [0.1, 0.15) is 5.75 Å². The van der Waals surface area contributed by atoms with Crippen molar-refractivity contribution in [3.05, 3.63) is 29.8 Å². The van der Waals surface area contributed by atoms with Crippen LogP contribution in [0.15, 0.2) is 24.3 Å². The Morgan fingerprint density at radius 3 is 2.57 bits per heavy atom. The molecule has 0 bridgehead atoms. The van der Waals surface area contributed by atoms with E-state index in [0.717, 1.165) is 25.4 Å². The molecule has 0 unspecified atom stereocenters. The molecule has 0 saturated carbocycles. The smallest absolute Gasteiger partial charge is 0.119 e. The van der Waals surface area contributed by atoms with Crippen LogP contribution in [0.1, 0.15) is 64.9 Å². The zero-order chi connectivity index (χ0) is 15.3. The third kappa shape index (κ3) is 9.52. The van der Waals surface area contributed by atoms with Crippen LogP contribution in [-0.2, 0) is 6.54 Å². The number of benzene rings is 1. The molecule has 0 aromatic heterocycles. The summed E-state index contributed by atoms with van der Waals surface area (Å²) in [5.74, 6) is 1.56. The molecule has 0 aliphatic heterocycles. The third-order valence-corrected chi connectivity index (χ3v) is 3.52. The van der Waals surface area contributed by atoms with Gasteiger partial charge in [0.25, 0.3) is 0 Å². The Morgan fingerprint density at radius 2 is 1.81 bits per heavy atom. The average molecular weight is 291 g/mol. The third-order valence-electron chi connectivity index (χ3n) is 3.52. The van der Waals surface area contributed by atoms with Crippen molar-refractivity contribution in [2.75, 3.05) is 13.2 Å². The standard InChI is InChI=1S/C19H33NO/c1-4-5-6-7-8-9-13-20-15-18-11-10-12-19(14-18)21-16-17(2)3/h10-12,14,17,20H,4-9,13,15-16H2,1-3H3. The van der Waals surface area contributed by atoms with Crippen LogP contribution in [0.3, 0.4) is 0 Å². The van der Waals surface area contributed by atoms with Gasteiger partial charge in [0, 0.05) is 6.54 Å². The molecule has 120 valence electrons. The second-order valence-electron chi connectivity index (χ2n) is 6.30. The SMILES string of the molecule is CCCCCCCCNCc1cccc(OCC(C)C)c1. The Bertz CT molecular complexity index is 362. The summed E-state index contributed by atoms with van der Waals surface area (Å²) in [4.78, 5) is 0. The minimum Gasteiger partial charge on any atom is -0.493 e. The summed E-state index contributed by atoms with van der Waals surface area (Å²) in [5, 5.41) is 3.53. The highest BCUT2D eigenvalue weighted by Gasteiger charge is 1.99. The first-order chi connectivity index (χ1) is 10.2. The van der Waals surface area contributed by atoms with Crippen LogP contribution in [0.2, 0.25) is 0 Å². The van der Waals surface area contributed by atoms with E-state index in [2.05, 4.69) is 44.3 Å². The highest BCUT2D eigenvalue weighted by Crippen LogP contribution is 2.14. The quantitative estimate of drug-likeness (QED) is 0.536. The number of nitrogens with one attached hydrogen (secondary N) is 1. The lowest BCUT2D eigenvalue weighted by Gasteiger charge is -2.10. The van der Waals surface area contributed by atoms with Crippen molar-refractivity contribution in [3.8, 4) is 5.75 Å². The van der Waals surface area contributed by atoms with E-state index in [4.69, 9.17) is 4.74 Å². The van der Waals surface area contributed by atoms with Crippen molar-refractivity contribution >= 4 is 0 Å². The summed E-state index contributed by atoms with van der Waals surface area (Å²) >= 11 is 0. The van der Waals surface area contributed by atoms with Gasteiger partial charge in [0.05, 0.1) is 6.61 Å². The zero-order valence-corrected chi connectivity index (χ0v) is 14.2. The monoisotopic (exact) mass is 291 g/mol. The first kappa shape index (κ1) is 18.0. The average Bonchev–Trinajstić information content (AvgIpc) is 2.48. The fraction of sp³-hybridized carbons (Fsp3) is 0.684. The lowest BCUT2D eigenvalue weighted by atomic mass is 10.1. The molecule has 1 rings (SSSR count). The molecule has 2 heteroatoms. The van der Waals surface area contributed by atoms with E-state index in [9.17, 15) is 0 Å². The zero-order valence-electron chi connectivity index (χ0n) is 14.2. The Balaban J connectivity index is 2.13. The van der Waals surface area contributed by atoms with E-state index in [1.165, 1.54) is 44.1 Å². The molecule has 1 aromatic carbocycles. The van der Waals surface area contributed by atoms with E-state index in [0.29, 0.717) is 5.92 Å². The summed E-state index contributed by atoms with van der Waals surface area (Å²) in [5.41, 5.74) is 1.31. The molecular weight excluding hydrogens is 258 g/mol. The number of rotatable bonds is 12. The van der Waals surface area contributed by atoms with Crippen LogP contribution in [0.4, 0.5) is 0 Å². The number of ether oxygens (including phenoxy) is 1. The summed E-state index contributed by atoms with van der Waals surface area (Å²) in [6.07, 6.45) is 8.13. The Hall–Kier alpha value is -1.02. The van der Waals surface area contributed by atoms with Gasteiger partial charge in [-0.25, -0.2) is 0 Å². The molecule has 0 radical (unpaired) electrons. The van der Waals surface area contributed by atoms with E-state index in [1.807, 2.05) is 6.07 Å². The number of hydrogen-bond acceptors (Lipinski definition) is 2. The first-order valence-electron chi connectivity index (χ1n) is 8.64. The molecule has 1 N–H and O–H groups in total. The van der Waals surface area contributed by atoms with Gasteiger partial charge in [0.2, 0.25) is 0 Å². The van der Waals surface area contributed by atoms with Crippen molar-refractivity contribution in [3.63, 3.8) is 0 Å². The molecule has 0 saturated heterocycles. The van der Waals surface area contributed by atoms with Gasteiger partial charge in [-0.1, -0.05) is 65.0 Å². The van der Waals surface area contributed by atoms with Crippen molar-refractivity contribution in [2.24, 2.45) is 5.92 Å². The minimum absolute atomic E-state index is 0.569. The maximum Gasteiger partial charge on any atom is 0.119 e. The van der Waals surface area contributed by atoms with E-state index < -0.39 is 0 Å². The van der Waals surface area contributed by atoms with Gasteiger partial charge in [-0.3, -0.25) is 0 Å². The van der Waals surface area contributed by atoms with Crippen LogP contribution in [0.25, 0.3) is 0 Å². The fourth-order valence-corrected chi connectivity index (χ4v) is 2.27. The van der Waals surface area contributed by atoms with E-state index >= 15 is 0 Å². The second-order valence-corrected chi connectivity index (χ2v) is 6.30. The van der Waals surface area contributed by atoms with Crippen LogP contribution in [0, 0.1) is 5.92 Å². The molecule has 21 heavy (non-hydrogen) atoms. The van der Waals surface area contributed by atoms with Crippen LogP contribution >= 0.6 is 0 Å². The summed E-state index contributed by atoms with van der Waals surface area (Å²) in [7, 11) is 0. The van der Waals surface area contributed by atoms with Gasteiger partial charge in [0.15, 0.2) is 0 Å². The largest absolute Gasteiger partial charge is 0.493 e. The van der Waals surface area contributed by atoms with Crippen molar-refractivity contribution in [2.45, 2.75) is 65.8 Å². The van der Waals surface area contributed by atoms with Gasteiger partial charge in [-0.2, -0.15) is 0 Å².